The summed E-state index contributed by atoms with van der Waals surface area (Å²) in [6.07, 6.45) is 3.56. The average Bonchev–Trinajstić information content (AvgIpc) is 3.64. The summed E-state index contributed by atoms with van der Waals surface area (Å²) in [5.74, 6) is 1.04. The fourth-order valence-corrected chi connectivity index (χ4v) is 3.60. The third-order valence-corrected chi connectivity index (χ3v) is 5.56. The van der Waals surface area contributed by atoms with E-state index < -0.39 is 11.8 Å². The van der Waals surface area contributed by atoms with Crippen molar-refractivity contribution in [3.63, 3.8) is 0 Å². The Morgan fingerprint density at radius 1 is 1.06 bits per heavy atom. The van der Waals surface area contributed by atoms with Crippen LogP contribution in [0.2, 0.25) is 0 Å². The Kier molecular flexibility index (Phi) is 5.99. The number of anilines is 1. The molecule has 172 valence electrons. The number of halogens is 1. The molecule has 1 saturated carbocycles. The minimum absolute atomic E-state index is 0.0983. The summed E-state index contributed by atoms with van der Waals surface area (Å²) in [5, 5.41) is 6.09. The first-order chi connectivity index (χ1) is 16.5. The van der Waals surface area contributed by atoms with Crippen molar-refractivity contribution in [1.29, 1.82) is 0 Å². The number of hydrogen-bond acceptors (Lipinski definition) is 4. The van der Waals surface area contributed by atoms with Crippen LogP contribution in [-0.4, -0.2) is 17.1 Å². The summed E-state index contributed by atoms with van der Waals surface area (Å²) in [7, 11) is 0. The number of pyridine rings is 1. The molecule has 1 fully saturated rings. The number of nitrogens with zero attached hydrogens (tertiary/aromatic N) is 1. The first kappa shape index (κ1) is 21.7. The van der Waals surface area contributed by atoms with E-state index in [1.54, 1.807) is 18.3 Å². The number of ether oxygens (including phenoxy) is 2. The molecule has 2 N–H and O–H groups in total. The molecule has 1 aliphatic rings. The molecular formula is C27H24FN3O3. The average molecular weight is 458 g/mol. The third-order valence-electron chi connectivity index (χ3n) is 5.56. The lowest BCUT2D eigenvalue weighted by Crippen LogP contribution is -2.30. The van der Waals surface area contributed by atoms with Gasteiger partial charge in [-0.15, -0.1) is 0 Å². The first-order valence-corrected chi connectivity index (χ1v) is 11.2. The van der Waals surface area contributed by atoms with Crippen LogP contribution in [0.25, 0.3) is 10.9 Å². The van der Waals surface area contributed by atoms with Crippen LogP contribution in [-0.2, 0) is 6.61 Å². The molecule has 0 unspecified atom stereocenters. The van der Waals surface area contributed by atoms with Gasteiger partial charge >= 0.3 is 6.03 Å². The number of aryl methyl sites for hydroxylation is 1. The van der Waals surface area contributed by atoms with Crippen LogP contribution in [0.4, 0.5) is 14.9 Å². The lowest BCUT2D eigenvalue weighted by Gasteiger charge is -2.14. The molecular weight excluding hydrogens is 433 g/mol. The van der Waals surface area contributed by atoms with E-state index in [2.05, 4.69) is 15.6 Å². The van der Waals surface area contributed by atoms with Gasteiger partial charge in [0.2, 0.25) is 0 Å². The van der Waals surface area contributed by atoms with Crippen LogP contribution in [0.3, 0.4) is 0 Å². The minimum Gasteiger partial charge on any atom is -0.489 e. The summed E-state index contributed by atoms with van der Waals surface area (Å²) in [4.78, 5) is 16.3. The minimum atomic E-state index is -0.574. The van der Waals surface area contributed by atoms with Crippen LogP contribution >= 0.6 is 0 Å². The number of amides is 2. The molecule has 2 amide bonds. The molecule has 0 atom stereocenters. The molecule has 6 nitrogen and oxygen atoms in total. The van der Waals surface area contributed by atoms with E-state index in [1.165, 1.54) is 12.1 Å². The zero-order valence-electron chi connectivity index (χ0n) is 18.7. The highest BCUT2D eigenvalue weighted by atomic mass is 19.1. The quantitative estimate of drug-likeness (QED) is 0.340. The lowest BCUT2D eigenvalue weighted by molar-refractivity contribution is 0.251. The molecule has 34 heavy (non-hydrogen) atoms. The predicted molar refractivity (Wildman–Crippen MR) is 129 cm³/mol. The SMILES string of the molecule is Cc1cc2c(Oc3ccc(NC(=O)NC4CC4)c(F)c3)ccnc2cc1OCc1ccccc1. The molecule has 0 radical (unpaired) electrons. The number of nitrogens with one attached hydrogen (secondary N) is 2. The maximum atomic E-state index is 14.6. The van der Waals surface area contributed by atoms with Crippen molar-refractivity contribution in [3.8, 4) is 17.2 Å². The smallest absolute Gasteiger partial charge is 0.319 e. The summed E-state index contributed by atoms with van der Waals surface area (Å²) < 4.78 is 26.6. The highest BCUT2D eigenvalue weighted by Gasteiger charge is 2.23. The summed E-state index contributed by atoms with van der Waals surface area (Å²) in [6, 6.07) is 19.7. The van der Waals surface area contributed by atoms with Crippen LogP contribution in [0, 0.1) is 12.7 Å². The van der Waals surface area contributed by atoms with E-state index in [1.807, 2.05) is 49.4 Å². The molecule has 1 aromatic heterocycles. The number of hydrogen-bond donors (Lipinski definition) is 2. The van der Waals surface area contributed by atoms with Gasteiger partial charge in [0, 0.05) is 29.8 Å². The number of aromatic nitrogens is 1. The van der Waals surface area contributed by atoms with E-state index in [9.17, 15) is 9.18 Å². The lowest BCUT2D eigenvalue weighted by atomic mass is 10.1. The van der Waals surface area contributed by atoms with Gasteiger partial charge in [0.1, 0.15) is 29.7 Å². The Morgan fingerprint density at radius 2 is 1.88 bits per heavy atom. The molecule has 4 aromatic rings. The van der Waals surface area contributed by atoms with Gasteiger partial charge in [-0.2, -0.15) is 0 Å². The van der Waals surface area contributed by atoms with E-state index in [0.29, 0.717) is 23.6 Å². The second-order valence-electron chi connectivity index (χ2n) is 8.33. The molecule has 5 rings (SSSR count). The maximum Gasteiger partial charge on any atom is 0.319 e. The topological polar surface area (TPSA) is 72.5 Å². The molecule has 0 aliphatic heterocycles. The second-order valence-corrected chi connectivity index (χ2v) is 8.33. The highest BCUT2D eigenvalue weighted by Crippen LogP contribution is 2.34. The Bertz CT molecular complexity index is 1340. The highest BCUT2D eigenvalue weighted by molar-refractivity contribution is 5.90. The van der Waals surface area contributed by atoms with Crippen LogP contribution in [0.1, 0.15) is 24.0 Å². The predicted octanol–water partition coefficient (Wildman–Crippen LogP) is 6.34. The standard InChI is InChI=1S/C27H24FN3O3/c1-17-13-21-24(15-26(17)33-16-18-5-3-2-4-6-18)29-12-11-25(21)34-20-9-10-23(22(28)14-20)31-27(32)30-19-7-8-19/h2-6,9-15,19H,7-8,16H2,1H3,(H2,30,31,32). The number of carbonyl (C=O) groups excluding carboxylic acids is 1. The number of fused-ring (bicyclic) bond motifs is 1. The van der Waals surface area contributed by atoms with Gasteiger partial charge in [0.25, 0.3) is 0 Å². The van der Waals surface area contributed by atoms with Crippen molar-refractivity contribution >= 4 is 22.6 Å². The number of benzene rings is 3. The van der Waals surface area contributed by atoms with Crippen LogP contribution in [0.5, 0.6) is 17.2 Å². The maximum absolute atomic E-state index is 14.6. The summed E-state index contributed by atoms with van der Waals surface area (Å²) in [5.41, 5.74) is 2.83. The van der Waals surface area contributed by atoms with Gasteiger partial charge in [0.05, 0.1) is 11.2 Å². The zero-order valence-corrected chi connectivity index (χ0v) is 18.7. The third kappa shape index (κ3) is 5.09. The van der Waals surface area contributed by atoms with Crippen LogP contribution in [0.15, 0.2) is 72.9 Å². The number of rotatable bonds is 7. The molecule has 7 heteroatoms. The summed E-state index contributed by atoms with van der Waals surface area (Å²) in [6.45, 7) is 2.42. The second kappa shape index (κ2) is 9.39. The molecule has 0 bridgehead atoms. The van der Waals surface area contributed by atoms with Crippen molar-refractivity contribution in [2.24, 2.45) is 0 Å². The van der Waals surface area contributed by atoms with E-state index >= 15 is 0 Å². The molecule has 0 spiro atoms. The van der Waals surface area contributed by atoms with Crippen molar-refractivity contribution in [2.45, 2.75) is 32.4 Å². The fourth-order valence-electron chi connectivity index (χ4n) is 3.60. The first-order valence-electron chi connectivity index (χ1n) is 11.2. The Hall–Kier alpha value is -4.13. The van der Waals surface area contributed by atoms with Crippen molar-refractivity contribution < 1.29 is 18.7 Å². The van der Waals surface area contributed by atoms with Crippen molar-refractivity contribution in [1.82, 2.24) is 10.3 Å². The Morgan fingerprint density at radius 3 is 2.65 bits per heavy atom. The molecule has 1 heterocycles. The van der Waals surface area contributed by atoms with E-state index in [-0.39, 0.29) is 11.7 Å². The molecule has 1 aliphatic carbocycles. The largest absolute Gasteiger partial charge is 0.489 e. The van der Waals surface area contributed by atoms with Gasteiger partial charge in [-0.3, -0.25) is 4.98 Å². The normalized spacial score (nSPS) is 12.9. The Balaban J connectivity index is 1.32. The Labute approximate surface area is 196 Å². The number of urea groups is 1. The van der Waals surface area contributed by atoms with Gasteiger partial charge in [-0.25, -0.2) is 9.18 Å². The zero-order chi connectivity index (χ0) is 23.5. The number of carbonyl (C=O) groups is 1. The van der Waals surface area contributed by atoms with E-state index in [0.717, 1.165) is 35.1 Å². The van der Waals surface area contributed by atoms with E-state index in [4.69, 9.17) is 9.47 Å². The monoisotopic (exact) mass is 457 g/mol. The molecule has 0 saturated heterocycles. The van der Waals surface area contributed by atoms with Gasteiger partial charge in [0.15, 0.2) is 0 Å². The molecule has 3 aromatic carbocycles. The van der Waals surface area contributed by atoms with Crippen molar-refractivity contribution in [2.75, 3.05) is 5.32 Å². The van der Waals surface area contributed by atoms with Crippen molar-refractivity contribution in [3.05, 3.63) is 89.9 Å². The van der Waals surface area contributed by atoms with Gasteiger partial charge in [-0.05, 0) is 55.2 Å². The summed E-state index contributed by atoms with van der Waals surface area (Å²) >= 11 is 0. The fraction of sp³-hybridized carbons (Fsp3) is 0.185. The van der Waals surface area contributed by atoms with Gasteiger partial charge in [-0.1, -0.05) is 30.3 Å². The van der Waals surface area contributed by atoms with Gasteiger partial charge < -0.3 is 20.1 Å². The van der Waals surface area contributed by atoms with Crippen LogP contribution < -0.4 is 20.1 Å².